The smallest absolute Gasteiger partial charge is 0.178 e. The zero-order valence-corrected chi connectivity index (χ0v) is 13.6. The fraction of sp³-hybridized carbons (Fsp3) is 0.176. The molecule has 0 spiro atoms. The number of aromatic nitrogens is 1. The molecule has 0 bridgehead atoms. The highest BCUT2D eigenvalue weighted by Gasteiger charge is 2.14. The van der Waals surface area contributed by atoms with Crippen molar-refractivity contribution in [3.63, 3.8) is 0 Å². The Kier molecular flexibility index (Phi) is 4.85. The van der Waals surface area contributed by atoms with Gasteiger partial charge in [0.05, 0.1) is 17.7 Å². The normalized spacial score (nSPS) is 11.9. The number of aromatic amines is 1. The third-order valence-corrected chi connectivity index (χ3v) is 3.65. The maximum absolute atomic E-state index is 5.85. The highest BCUT2D eigenvalue weighted by Crippen LogP contribution is 2.25. The first-order chi connectivity index (χ1) is 11.0. The number of nitrogens with one attached hydrogen (secondary N) is 2. The van der Waals surface area contributed by atoms with Crippen LogP contribution in [0, 0.1) is 13.8 Å². The zero-order valence-electron chi connectivity index (χ0n) is 13.6. The summed E-state index contributed by atoms with van der Waals surface area (Å²) in [6.07, 6.45) is 3.10. The number of nitrogen functional groups attached to an aromatic ring is 1. The molecule has 6 nitrogen and oxygen atoms in total. The SMILES string of the molecule is C=C(NC)c1c[nH]c(C(N=CN)=Nc2cc(N)ccc2C)c1C. The van der Waals surface area contributed by atoms with Crippen molar-refractivity contribution in [1.29, 1.82) is 0 Å². The minimum atomic E-state index is 0.494. The van der Waals surface area contributed by atoms with Crippen LogP contribution in [-0.4, -0.2) is 24.2 Å². The number of aryl methyl sites for hydroxylation is 1. The molecule has 0 atom stereocenters. The molecule has 6 N–H and O–H groups in total. The molecule has 23 heavy (non-hydrogen) atoms. The summed E-state index contributed by atoms with van der Waals surface area (Å²) in [6.45, 7) is 7.94. The minimum absolute atomic E-state index is 0.494. The van der Waals surface area contributed by atoms with Crippen molar-refractivity contribution < 1.29 is 0 Å². The number of amidine groups is 1. The average molecular weight is 310 g/mol. The number of anilines is 1. The second-order valence-electron chi connectivity index (χ2n) is 5.19. The average Bonchev–Trinajstić information content (AvgIpc) is 2.91. The third-order valence-electron chi connectivity index (χ3n) is 3.65. The number of benzene rings is 1. The Balaban J connectivity index is 2.55. The van der Waals surface area contributed by atoms with Crippen molar-refractivity contribution in [3.05, 3.63) is 53.4 Å². The van der Waals surface area contributed by atoms with Crippen LogP contribution in [0.5, 0.6) is 0 Å². The van der Waals surface area contributed by atoms with Crippen LogP contribution in [0.2, 0.25) is 0 Å². The fourth-order valence-electron chi connectivity index (χ4n) is 2.26. The first kappa shape index (κ1) is 16.4. The van der Waals surface area contributed by atoms with Crippen molar-refractivity contribution in [2.45, 2.75) is 13.8 Å². The quantitative estimate of drug-likeness (QED) is 0.396. The Hall–Kier alpha value is -3.02. The van der Waals surface area contributed by atoms with Gasteiger partial charge in [-0.25, -0.2) is 9.98 Å². The lowest BCUT2D eigenvalue weighted by atomic mass is 10.1. The molecule has 120 valence electrons. The van der Waals surface area contributed by atoms with E-state index in [0.717, 1.165) is 33.8 Å². The van der Waals surface area contributed by atoms with Gasteiger partial charge in [-0.2, -0.15) is 0 Å². The number of H-pyrrole nitrogens is 1. The maximum Gasteiger partial charge on any atom is 0.178 e. The van der Waals surface area contributed by atoms with Crippen LogP contribution in [0.1, 0.15) is 22.4 Å². The lowest BCUT2D eigenvalue weighted by molar-refractivity contribution is 1.13. The van der Waals surface area contributed by atoms with Crippen molar-refractivity contribution >= 4 is 29.2 Å². The summed E-state index contributed by atoms with van der Waals surface area (Å²) in [7, 11) is 1.83. The Labute approximate surface area is 136 Å². The summed E-state index contributed by atoms with van der Waals surface area (Å²) in [4.78, 5) is 12.0. The van der Waals surface area contributed by atoms with E-state index < -0.39 is 0 Å². The van der Waals surface area contributed by atoms with Gasteiger partial charge in [0.1, 0.15) is 0 Å². The van der Waals surface area contributed by atoms with Crippen molar-refractivity contribution in [1.82, 2.24) is 10.3 Å². The molecular formula is C17H22N6. The number of hydrogen-bond donors (Lipinski definition) is 4. The number of hydrogen-bond acceptors (Lipinski definition) is 3. The zero-order chi connectivity index (χ0) is 17.0. The van der Waals surface area contributed by atoms with Gasteiger partial charge in [-0.05, 0) is 37.1 Å². The molecule has 6 heteroatoms. The molecular weight excluding hydrogens is 288 g/mol. The molecule has 0 saturated heterocycles. The van der Waals surface area contributed by atoms with E-state index in [1.165, 1.54) is 6.34 Å². The van der Waals surface area contributed by atoms with E-state index in [9.17, 15) is 0 Å². The molecule has 0 fully saturated rings. The standard InChI is InChI=1S/C17H22N6/c1-10-5-6-13(19)7-15(10)23-17(22-9-18)16-11(2)14(8-21-16)12(3)20-4/h5-9,20-21H,3,19H2,1-2,4H3,(H2,18,22,23). The van der Waals surface area contributed by atoms with Gasteiger partial charge >= 0.3 is 0 Å². The Morgan fingerprint density at radius 3 is 2.74 bits per heavy atom. The summed E-state index contributed by atoms with van der Waals surface area (Å²) in [6, 6.07) is 5.58. The van der Waals surface area contributed by atoms with Gasteiger partial charge < -0.3 is 21.8 Å². The van der Waals surface area contributed by atoms with E-state index in [-0.39, 0.29) is 0 Å². The summed E-state index contributed by atoms with van der Waals surface area (Å²) in [5.41, 5.74) is 17.3. The highest BCUT2D eigenvalue weighted by atomic mass is 15.0. The van der Waals surface area contributed by atoms with Crippen LogP contribution < -0.4 is 16.8 Å². The minimum Gasteiger partial charge on any atom is -0.399 e. The number of rotatable bonds is 4. The van der Waals surface area contributed by atoms with Gasteiger partial charge in [0.15, 0.2) is 5.84 Å². The van der Waals surface area contributed by atoms with Crippen LogP contribution in [-0.2, 0) is 0 Å². The van der Waals surface area contributed by atoms with Crippen LogP contribution >= 0.6 is 0 Å². The second kappa shape index (κ2) is 6.83. The van der Waals surface area contributed by atoms with E-state index in [2.05, 4.69) is 26.9 Å². The third kappa shape index (κ3) is 3.42. The Morgan fingerprint density at radius 1 is 1.35 bits per heavy atom. The first-order valence-electron chi connectivity index (χ1n) is 7.22. The Morgan fingerprint density at radius 2 is 2.09 bits per heavy atom. The molecule has 0 aliphatic carbocycles. The number of nitrogens with two attached hydrogens (primary N) is 2. The van der Waals surface area contributed by atoms with Gasteiger partial charge in [-0.3, -0.25) is 0 Å². The summed E-state index contributed by atoms with van der Waals surface area (Å²) < 4.78 is 0. The molecule has 0 radical (unpaired) electrons. The summed E-state index contributed by atoms with van der Waals surface area (Å²) in [5.74, 6) is 0.494. The predicted octanol–water partition coefficient (Wildman–Crippen LogP) is 2.47. The molecule has 0 aliphatic heterocycles. The summed E-state index contributed by atoms with van der Waals surface area (Å²) >= 11 is 0. The maximum atomic E-state index is 5.85. The topological polar surface area (TPSA) is 105 Å². The fourth-order valence-corrected chi connectivity index (χ4v) is 2.26. The lowest BCUT2D eigenvalue weighted by Gasteiger charge is -2.06. The summed E-state index contributed by atoms with van der Waals surface area (Å²) in [5, 5.41) is 3.04. The van der Waals surface area contributed by atoms with Gasteiger partial charge in [0.25, 0.3) is 0 Å². The molecule has 1 aromatic heterocycles. The highest BCUT2D eigenvalue weighted by molar-refractivity contribution is 6.04. The largest absolute Gasteiger partial charge is 0.399 e. The molecule has 0 amide bonds. The van der Waals surface area contributed by atoms with Crippen molar-refractivity contribution in [3.8, 4) is 0 Å². The molecule has 2 aromatic rings. The van der Waals surface area contributed by atoms with Crippen LogP contribution in [0.25, 0.3) is 5.70 Å². The van der Waals surface area contributed by atoms with Crippen LogP contribution in [0.15, 0.2) is 41.0 Å². The lowest BCUT2D eigenvalue weighted by Crippen LogP contribution is -2.06. The van der Waals surface area contributed by atoms with Gasteiger partial charge in [0, 0.05) is 30.2 Å². The first-order valence-corrected chi connectivity index (χ1v) is 7.22. The molecule has 0 saturated carbocycles. The molecule has 1 aromatic carbocycles. The van der Waals surface area contributed by atoms with Crippen LogP contribution in [0.3, 0.4) is 0 Å². The Bertz CT molecular complexity index is 782. The molecule has 2 rings (SSSR count). The van der Waals surface area contributed by atoms with Gasteiger partial charge in [0.2, 0.25) is 0 Å². The molecule has 0 aliphatic rings. The van der Waals surface area contributed by atoms with E-state index in [1.54, 1.807) is 0 Å². The van der Waals surface area contributed by atoms with Crippen molar-refractivity contribution in [2.75, 3.05) is 12.8 Å². The van der Waals surface area contributed by atoms with E-state index in [0.29, 0.717) is 11.5 Å². The van der Waals surface area contributed by atoms with Gasteiger partial charge in [-0.15, -0.1) is 0 Å². The number of nitrogens with zero attached hydrogens (tertiary/aromatic N) is 2. The molecule has 1 heterocycles. The monoisotopic (exact) mass is 310 g/mol. The van der Waals surface area contributed by atoms with E-state index in [1.807, 2.05) is 45.3 Å². The molecule has 0 unspecified atom stereocenters. The van der Waals surface area contributed by atoms with E-state index >= 15 is 0 Å². The van der Waals surface area contributed by atoms with Gasteiger partial charge in [-0.1, -0.05) is 12.6 Å². The number of aliphatic imine (C=N–C) groups is 2. The van der Waals surface area contributed by atoms with Crippen molar-refractivity contribution in [2.24, 2.45) is 15.7 Å². The van der Waals surface area contributed by atoms with E-state index in [4.69, 9.17) is 11.5 Å². The predicted molar refractivity (Wildman–Crippen MR) is 98.1 cm³/mol. The second-order valence-corrected chi connectivity index (χ2v) is 5.19. The van der Waals surface area contributed by atoms with Crippen LogP contribution in [0.4, 0.5) is 11.4 Å².